The number of thioether (sulfide) groups is 1. The van der Waals surface area contributed by atoms with Crippen molar-refractivity contribution in [3.8, 4) is 0 Å². The summed E-state index contributed by atoms with van der Waals surface area (Å²) in [5.41, 5.74) is 3.60. The minimum Gasteiger partial charge on any atom is -0.460 e. The third-order valence-corrected chi connectivity index (χ3v) is 5.47. The molecule has 0 spiro atoms. The van der Waals surface area contributed by atoms with E-state index >= 15 is 0 Å². The fraction of sp³-hybridized carbons (Fsp3) is 0.250. The van der Waals surface area contributed by atoms with Gasteiger partial charge in [-0.15, -0.1) is 10.2 Å². The summed E-state index contributed by atoms with van der Waals surface area (Å²) in [6.45, 7) is 3.98. The summed E-state index contributed by atoms with van der Waals surface area (Å²) in [5, 5.41) is 9.45. The molecule has 4 aromatic rings. The van der Waals surface area contributed by atoms with E-state index in [0.717, 1.165) is 45.3 Å². The van der Waals surface area contributed by atoms with Crippen molar-refractivity contribution < 1.29 is 9.21 Å². The molecule has 7 heteroatoms. The van der Waals surface area contributed by atoms with E-state index in [0.29, 0.717) is 0 Å². The molecule has 0 aliphatic carbocycles. The molecule has 0 saturated heterocycles. The minimum absolute atomic E-state index is 0.0109. The van der Waals surface area contributed by atoms with Crippen molar-refractivity contribution in [2.75, 3.05) is 17.7 Å². The number of aryl methyl sites for hydroxylation is 2. The molecule has 0 saturated carbocycles. The lowest BCUT2D eigenvalue weighted by Crippen LogP contribution is -2.27. The third-order valence-electron chi connectivity index (χ3n) is 4.51. The number of hydrogen-bond acceptors (Lipinski definition) is 5. The Bertz CT molecular complexity index is 1120. The summed E-state index contributed by atoms with van der Waals surface area (Å²) in [4.78, 5) is 14.2. The van der Waals surface area contributed by atoms with Gasteiger partial charge in [0.05, 0.1) is 16.8 Å². The third kappa shape index (κ3) is 3.19. The highest BCUT2D eigenvalue weighted by Crippen LogP contribution is 2.30. The summed E-state index contributed by atoms with van der Waals surface area (Å²) >= 11 is 1.40. The molecule has 3 heterocycles. The number of fused-ring (bicyclic) bond motifs is 3. The van der Waals surface area contributed by atoms with Gasteiger partial charge in [-0.25, -0.2) is 0 Å². The van der Waals surface area contributed by atoms with Gasteiger partial charge in [0, 0.05) is 31.3 Å². The normalized spacial score (nSPS) is 11.4. The predicted molar refractivity (Wildman–Crippen MR) is 107 cm³/mol. The van der Waals surface area contributed by atoms with E-state index in [-0.39, 0.29) is 11.7 Å². The van der Waals surface area contributed by atoms with Gasteiger partial charge in [-0.1, -0.05) is 36.9 Å². The number of benzene rings is 1. The number of furan rings is 1. The highest BCUT2D eigenvalue weighted by molar-refractivity contribution is 8.00. The number of carbonyl (C=O) groups excluding carboxylic acids is 1. The lowest BCUT2D eigenvalue weighted by molar-refractivity contribution is -0.115. The van der Waals surface area contributed by atoms with Crippen molar-refractivity contribution in [2.45, 2.75) is 25.3 Å². The van der Waals surface area contributed by atoms with Gasteiger partial charge < -0.3 is 9.32 Å². The van der Waals surface area contributed by atoms with E-state index < -0.39 is 0 Å². The van der Waals surface area contributed by atoms with Crippen molar-refractivity contribution in [3.63, 3.8) is 0 Å². The molecule has 4 rings (SSSR count). The zero-order valence-corrected chi connectivity index (χ0v) is 16.3. The minimum atomic E-state index is 0.0109. The monoisotopic (exact) mass is 380 g/mol. The van der Waals surface area contributed by atoms with Gasteiger partial charge in [0.25, 0.3) is 0 Å². The van der Waals surface area contributed by atoms with Crippen LogP contribution in [0.1, 0.15) is 18.5 Å². The molecule has 27 heavy (non-hydrogen) atoms. The number of hydrogen-bond donors (Lipinski definition) is 0. The number of para-hydroxylation sites is 1. The van der Waals surface area contributed by atoms with Gasteiger partial charge in [-0.05, 0) is 19.1 Å². The zero-order valence-electron chi connectivity index (χ0n) is 15.5. The largest absolute Gasteiger partial charge is 0.460 e. The van der Waals surface area contributed by atoms with E-state index in [1.807, 2.05) is 56.3 Å². The molecule has 3 aromatic heterocycles. The first-order chi connectivity index (χ1) is 13.1. The molecule has 0 atom stereocenters. The average Bonchev–Trinajstić information content (AvgIpc) is 3.22. The van der Waals surface area contributed by atoms with E-state index in [2.05, 4.69) is 14.6 Å². The molecule has 6 nitrogen and oxygen atoms in total. The van der Waals surface area contributed by atoms with Crippen LogP contribution in [0.4, 0.5) is 5.69 Å². The van der Waals surface area contributed by atoms with E-state index in [1.165, 1.54) is 11.8 Å². The van der Waals surface area contributed by atoms with Gasteiger partial charge in [0.15, 0.2) is 5.58 Å². The maximum Gasteiger partial charge on any atom is 0.237 e. The standard InChI is InChI=1S/C20H20N4O2S/c1-4-18-21-22-20(16-11-17-15(24(16)18)10-13(2)26-17)27-12-19(25)23(3)14-8-6-5-7-9-14/h5-11H,4,12H2,1-3H3. The summed E-state index contributed by atoms with van der Waals surface area (Å²) in [6.07, 6.45) is 0.762. The van der Waals surface area contributed by atoms with Gasteiger partial charge in [0.1, 0.15) is 16.6 Å². The van der Waals surface area contributed by atoms with Crippen LogP contribution in [0, 0.1) is 6.92 Å². The van der Waals surface area contributed by atoms with Crippen LogP contribution in [0.3, 0.4) is 0 Å². The second-order valence-corrected chi connectivity index (χ2v) is 7.29. The summed E-state index contributed by atoms with van der Waals surface area (Å²) < 4.78 is 7.84. The number of aromatic nitrogens is 3. The van der Waals surface area contributed by atoms with E-state index in [1.54, 1.807) is 11.9 Å². The predicted octanol–water partition coefficient (Wildman–Crippen LogP) is 4.10. The molecule has 0 N–H and O–H groups in total. The molecule has 0 radical (unpaired) electrons. The summed E-state index contributed by atoms with van der Waals surface area (Å²) in [6, 6.07) is 13.6. The maximum atomic E-state index is 12.6. The number of carbonyl (C=O) groups is 1. The lowest BCUT2D eigenvalue weighted by Gasteiger charge is -2.17. The van der Waals surface area contributed by atoms with Gasteiger partial charge >= 0.3 is 0 Å². The molecule has 138 valence electrons. The quantitative estimate of drug-likeness (QED) is 0.488. The molecule has 1 amide bonds. The molecular weight excluding hydrogens is 360 g/mol. The second kappa shape index (κ2) is 7.08. The molecule has 0 aliphatic rings. The molecule has 1 aromatic carbocycles. The molecule has 0 bridgehead atoms. The fourth-order valence-corrected chi connectivity index (χ4v) is 3.95. The molecule has 0 aliphatic heterocycles. The van der Waals surface area contributed by atoms with Crippen molar-refractivity contribution in [3.05, 3.63) is 54.0 Å². The van der Waals surface area contributed by atoms with E-state index in [9.17, 15) is 4.79 Å². The van der Waals surface area contributed by atoms with Crippen molar-refractivity contribution in [1.82, 2.24) is 14.6 Å². The Morgan fingerprint density at radius 2 is 1.96 bits per heavy atom. The number of nitrogens with zero attached hydrogens (tertiary/aromatic N) is 4. The fourth-order valence-electron chi connectivity index (χ4n) is 3.10. The first kappa shape index (κ1) is 17.6. The Morgan fingerprint density at radius 3 is 2.70 bits per heavy atom. The molecule has 0 unspecified atom stereocenters. The summed E-state index contributed by atoms with van der Waals surface area (Å²) in [5.74, 6) is 2.03. The topological polar surface area (TPSA) is 63.6 Å². The van der Waals surface area contributed by atoms with Crippen LogP contribution < -0.4 is 4.90 Å². The van der Waals surface area contributed by atoms with Crippen LogP contribution in [0.5, 0.6) is 0 Å². The smallest absolute Gasteiger partial charge is 0.237 e. The van der Waals surface area contributed by atoms with Gasteiger partial charge in [-0.2, -0.15) is 0 Å². The van der Waals surface area contributed by atoms with Crippen molar-refractivity contribution in [1.29, 1.82) is 0 Å². The van der Waals surface area contributed by atoms with Crippen LogP contribution >= 0.6 is 11.8 Å². The first-order valence-corrected chi connectivity index (χ1v) is 9.78. The van der Waals surface area contributed by atoms with Crippen LogP contribution in [0.25, 0.3) is 16.6 Å². The highest BCUT2D eigenvalue weighted by Gasteiger charge is 2.18. The number of rotatable bonds is 5. The average molecular weight is 380 g/mol. The van der Waals surface area contributed by atoms with E-state index in [4.69, 9.17) is 4.42 Å². The summed E-state index contributed by atoms with van der Waals surface area (Å²) in [7, 11) is 1.78. The Hall–Kier alpha value is -2.80. The highest BCUT2D eigenvalue weighted by atomic mass is 32.2. The Morgan fingerprint density at radius 1 is 1.19 bits per heavy atom. The number of anilines is 1. The number of amides is 1. The van der Waals surface area contributed by atoms with Crippen LogP contribution in [0.2, 0.25) is 0 Å². The first-order valence-electron chi connectivity index (χ1n) is 8.80. The van der Waals surface area contributed by atoms with Crippen molar-refractivity contribution >= 4 is 40.0 Å². The van der Waals surface area contributed by atoms with Crippen LogP contribution in [-0.4, -0.2) is 33.3 Å². The van der Waals surface area contributed by atoms with Crippen LogP contribution in [0.15, 0.2) is 51.9 Å². The molecular formula is C20H20N4O2S. The van der Waals surface area contributed by atoms with Crippen LogP contribution in [-0.2, 0) is 11.2 Å². The maximum absolute atomic E-state index is 12.6. The SMILES string of the molecule is CCc1nnc(SCC(=O)N(C)c2ccccc2)c2cc3oc(C)cc3n12. The second-order valence-electron chi connectivity index (χ2n) is 6.32. The molecule has 0 fully saturated rings. The Kier molecular flexibility index (Phi) is 4.61. The van der Waals surface area contributed by atoms with Crippen molar-refractivity contribution in [2.24, 2.45) is 0 Å². The Balaban J connectivity index is 1.62. The van der Waals surface area contributed by atoms with Gasteiger partial charge in [0.2, 0.25) is 5.91 Å². The Labute approximate surface area is 161 Å². The zero-order chi connectivity index (χ0) is 19.0. The van der Waals surface area contributed by atoms with Gasteiger partial charge in [-0.3, -0.25) is 9.20 Å². The lowest BCUT2D eigenvalue weighted by atomic mass is 10.3.